The van der Waals surface area contributed by atoms with E-state index in [2.05, 4.69) is 15.9 Å². The summed E-state index contributed by atoms with van der Waals surface area (Å²) in [7, 11) is 0. The highest BCUT2D eigenvalue weighted by Gasteiger charge is 2.28. The second-order valence-corrected chi connectivity index (χ2v) is 6.74. The van der Waals surface area contributed by atoms with Gasteiger partial charge in [-0.3, -0.25) is 9.59 Å². The lowest BCUT2D eigenvalue weighted by Gasteiger charge is -2.35. The molecule has 2 rings (SSSR count). The van der Waals surface area contributed by atoms with Crippen LogP contribution in [0.5, 0.6) is 5.75 Å². The topological polar surface area (TPSA) is 76.2 Å². The zero-order valence-electron chi connectivity index (χ0n) is 14.5. The number of amides is 2. The maximum Gasteiger partial charge on any atom is 0.344 e. The molecule has 1 aromatic carbocycles. The number of rotatable bonds is 5. The minimum absolute atomic E-state index is 0.0334. The van der Waals surface area contributed by atoms with E-state index in [1.54, 1.807) is 15.9 Å². The van der Waals surface area contributed by atoms with Gasteiger partial charge >= 0.3 is 5.97 Å². The molecule has 26 heavy (non-hydrogen) atoms. The molecule has 0 bridgehead atoms. The Balaban J connectivity index is 1.79. The molecule has 1 heterocycles. The number of hydrogen-bond donors (Lipinski definition) is 0. The average Bonchev–Trinajstić information content (AvgIpc) is 2.60. The smallest absolute Gasteiger partial charge is 0.344 e. The van der Waals surface area contributed by atoms with Gasteiger partial charge in [-0.15, -0.1) is 0 Å². The zero-order chi connectivity index (χ0) is 19.3. The predicted molar refractivity (Wildman–Crippen MR) is 94.0 cm³/mol. The second-order valence-electron chi connectivity index (χ2n) is 5.83. The van der Waals surface area contributed by atoms with Crippen LogP contribution < -0.4 is 4.74 Å². The van der Waals surface area contributed by atoms with Crippen LogP contribution in [0, 0.1) is 5.82 Å². The Morgan fingerprint density at radius 2 is 1.81 bits per heavy atom. The molecule has 2 amide bonds. The van der Waals surface area contributed by atoms with Gasteiger partial charge in [0.25, 0.3) is 5.91 Å². The number of hydrogen-bond acceptors (Lipinski definition) is 5. The fourth-order valence-electron chi connectivity index (χ4n) is 2.51. The number of esters is 1. The van der Waals surface area contributed by atoms with Crippen molar-refractivity contribution in [3.63, 3.8) is 0 Å². The summed E-state index contributed by atoms with van der Waals surface area (Å²) < 4.78 is 24.3. The molecule has 142 valence electrons. The number of piperazine rings is 1. The molecule has 0 N–H and O–H groups in total. The first-order chi connectivity index (χ1) is 12.3. The van der Waals surface area contributed by atoms with Gasteiger partial charge in [0.1, 0.15) is 0 Å². The van der Waals surface area contributed by atoms with E-state index < -0.39 is 24.5 Å². The summed E-state index contributed by atoms with van der Waals surface area (Å²) in [6.45, 7) is 4.13. The number of carbonyl (C=O) groups excluding carboxylic acids is 3. The summed E-state index contributed by atoms with van der Waals surface area (Å²) in [5, 5.41) is 0. The van der Waals surface area contributed by atoms with E-state index in [0.717, 1.165) is 0 Å². The lowest BCUT2D eigenvalue weighted by Crippen LogP contribution is -2.52. The Bertz CT molecular complexity index is 692. The third-order valence-electron chi connectivity index (χ3n) is 3.93. The SMILES string of the molecule is CC(=O)N1CCN(C(=O)C(C)OC(=O)COc2ccc(Br)cc2F)CC1. The van der Waals surface area contributed by atoms with E-state index in [1.165, 1.54) is 26.0 Å². The minimum Gasteiger partial charge on any atom is -0.479 e. The molecule has 9 heteroatoms. The van der Waals surface area contributed by atoms with E-state index in [4.69, 9.17) is 9.47 Å². The first-order valence-electron chi connectivity index (χ1n) is 8.09. The Kier molecular flexibility index (Phi) is 6.96. The lowest BCUT2D eigenvalue weighted by atomic mass is 10.2. The Morgan fingerprint density at radius 3 is 2.38 bits per heavy atom. The summed E-state index contributed by atoms with van der Waals surface area (Å²) in [4.78, 5) is 38.6. The molecule has 1 aliphatic rings. The fourth-order valence-corrected chi connectivity index (χ4v) is 2.84. The molecule has 1 aliphatic heterocycles. The molecule has 0 aliphatic carbocycles. The standard InChI is InChI=1S/C17H20BrFN2O5/c1-11(17(24)21-7-5-20(6-8-21)12(2)22)26-16(23)10-25-15-4-3-13(18)9-14(15)19/h3-4,9,11H,5-8,10H2,1-2H3. The van der Waals surface area contributed by atoms with Crippen molar-refractivity contribution in [1.29, 1.82) is 0 Å². The van der Waals surface area contributed by atoms with Crippen molar-refractivity contribution in [3.05, 3.63) is 28.5 Å². The quantitative estimate of drug-likeness (QED) is 0.662. The highest BCUT2D eigenvalue weighted by Crippen LogP contribution is 2.21. The molecule has 0 radical (unpaired) electrons. The number of nitrogens with zero attached hydrogens (tertiary/aromatic N) is 2. The molecule has 0 spiro atoms. The van der Waals surface area contributed by atoms with Gasteiger partial charge in [-0.05, 0) is 25.1 Å². The van der Waals surface area contributed by atoms with Gasteiger partial charge < -0.3 is 19.3 Å². The van der Waals surface area contributed by atoms with Gasteiger partial charge in [0, 0.05) is 37.6 Å². The van der Waals surface area contributed by atoms with Crippen LogP contribution in [0.3, 0.4) is 0 Å². The molecule has 1 aromatic rings. The highest BCUT2D eigenvalue weighted by molar-refractivity contribution is 9.10. The minimum atomic E-state index is -0.982. The maximum atomic E-state index is 13.6. The molecular weight excluding hydrogens is 411 g/mol. The number of carbonyl (C=O) groups is 3. The monoisotopic (exact) mass is 430 g/mol. The van der Waals surface area contributed by atoms with Crippen molar-refractivity contribution >= 4 is 33.7 Å². The number of halogens is 2. The molecule has 1 fully saturated rings. The van der Waals surface area contributed by atoms with Gasteiger partial charge in [-0.2, -0.15) is 0 Å². The number of benzene rings is 1. The van der Waals surface area contributed by atoms with Crippen LogP contribution >= 0.6 is 15.9 Å². The van der Waals surface area contributed by atoms with E-state index in [1.807, 2.05) is 0 Å². The largest absolute Gasteiger partial charge is 0.479 e. The summed E-state index contributed by atoms with van der Waals surface area (Å²) in [6.07, 6.45) is -0.982. The van der Waals surface area contributed by atoms with Crippen LogP contribution in [-0.2, 0) is 19.1 Å². The van der Waals surface area contributed by atoms with Crippen LogP contribution in [0.1, 0.15) is 13.8 Å². The van der Waals surface area contributed by atoms with Crippen molar-refractivity contribution in [2.24, 2.45) is 0 Å². The van der Waals surface area contributed by atoms with Gasteiger partial charge in [-0.25, -0.2) is 9.18 Å². The average molecular weight is 431 g/mol. The Hall–Kier alpha value is -2.16. The van der Waals surface area contributed by atoms with Gasteiger partial charge in [0.15, 0.2) is 24.3 Å². The molecule has 0 aromatic heterocycles. The van der Waals surface area contributed by atoms with E-state index >= 15 is 0 Å². The fraction of sp³-hybridized carbons (Fsp3) is 0.471. The highest BCUT2D eigenvalue weighted by atomic mass is 79.9. The summed E-state index contributed by atoms with van der Waals surface area (Å²) in [6, 6.07) is 4.18. The van der Waals surface area contributed by atoms with E-state index in [9.17, 15) is 18.8 Å². The van der Waals surface area contributed by atoms with Crippen LogP contribution in [0.2, 0.25) is 0 Å². The van der Waals surface area contributed by atoms with Crippen molar-refractivity contribution in [2.75, 3.05) is 32.8 Å². The van der Waals surface area contributed by atoms with Crippen LogP contribution in [0.15, 0.2) is 22.7 Å². The van der Waals surface area contributed by atoms with Gasteiger partial charge in [-0.1, -0.05) is 15.9 Å². The van der Waals surface area contributed by atoms with Crippen LogP contribution in [0.4, 0.5) is 4.39 Å². The van der Waals surface area contributed by atoms with Crippen molar-refractivity contribution in [3.8, 4) is 5.75 Å². The number of ether oxygens (including phenoxy) is 2. The van der Waals surface area contributed by atoms with Crippen molar-refractivity contribution < 1.29 is 28.2 Å². The summed E-state index contributed by atoms with van der Waals surface area (Å²) in [5.41, 5.74) is 0. The Labute approximate surface area is 159 Å². The molecule has 1 saturated heterocycles. The third kappa shape index (κ3) is 5.42. The molecule has 7 nitrogen and oxygen atoms in total. The summed E-state index contributed by atoms with van der Waals surface area (Å²) >= 11 is 3.12. The van der Waals surface area contributed by atoms with Crippen molar-refractivity contribution in [2.45, 2.75) is 20.0 Å². The summed E-state index contributed by atoms with van der Waals surface area (Å²) in [5.74, 6) is -1.83. The normalized spacial score (nSPS) is 15.4. The van der Waals surface area contributed by atoms with E-state index in [0.29, 0.717) is 30.7 Å². The van der Waals surface area contributed by atoms with Gasteiger partial charge in [0.2, 0.25) is 5.91 Å². The molecule has 1 unspecified atom stereocenters. The second kappa shape index (κ2) is 8.98. The third-order valence-corrected chi connectivity index (χ3v) is 4.43. The van der Waals surface area contributed by atoms with Crippen molar-refractivity contribution in [1.82, 2.24) is 9.80 Å². The maximum absolute atomic E-state index is 13.6. The first kappa shape index (κ1) is 20.2. The van der Waals surface area contributed by atoms with Gasteiger partial charge in [0.05, 0.1) is 0 Å². The van der Waals surface area contributed by atoms with E-state index in [-0.39, 0.29) is 17.6 Å². The van der Waals surface area contributed by atoms with Crippen LogP contribution in [0.25, 0.3) is 0 Å². The zero-order valence-corrected chi connectivity index (χ0v) is 16.1. The van der Waals surface area contributed by atoms with Crippen LogP contribution in [-0.4, -0.2) is 66.5 Å². The molecule has 1 atom stereocenters. The Morgan fingerprint density at radius 1 is 1.19 bits per heavy atom. The lowest BCUT2D eigenvalue weighted by molar-refractivity contribution is -0.161. The predicted octanol–water partition coefficient (Wildman–Crippen LogP) is 1.59. The first-order valence-corrected chi connectivity index (χ1v) is 8.89. The molecular formula is C17H20BrFN2O5. The molecule has 0 saturated carbocycles.